The zero-order valence-corrected chi connectivity index (χ0v) is 14.0. The third-order valence-corrected chi connectivity index (χ3v) is 4.86. The van der Waals surface area contributed by atoms with Gasteiger partial charge < -0.3 is 5.32 Å². The Labute approximate surface area is 135 Å². The molecule has 0 aliphatic rings. The third-order valence-electron chi connectivity index (χ3n) is 3.55. The lowest BCUT2D eigenvalue weighted by Gasteiger charge is -2.19. The number of hydrogen-bond acceptors (Lipinski definition) is 2. The second kappa shape index (κ2) is 7.92. The fraction of sp³-hybridized carbons (Fsp3) is 0.412. The molecule has 2 aromatic rings. The fourth-order valence-corrected chi connectivity index (χ4v) is 3.71. The molecule has 0 saturated carbocycles. The third kappa shape index (κ3) is 4.29. The standard InChI is InChI=1S/C17H21ClFNS/c1-3-8-20-16(17-12(4-2)7-9-21-17)11-13-10-14(18)5-6-15(13)19/h5-7,9-10,16,20H,3-4,8,11H2,1-2H3. The lowest BCUT2D eigenvalue weighted by molar-refractivity contribution is 0.517. The summed E-state index contributed by atoms with van der Waals surface area (Å²) < 4.78 is 14.0. The molecule has 1 nitrogen and oxygen atoms in total. The van der Waals surface area contributed by atoms with Crippen LogP contribution in [0.1, 0.15) is 42.3 Å². The molecule has 0 radical (unpaired) electrons. The maximum atomic E-state index is 14.0. The monoisotopic (exact) mass is 325 g/mol. The summed E-state index contributed by atoms with van der Waals surface area (Å²) in [5.41, 5.74) is 2.02. The van der Waals surface area contributed by atoms with Crippen molar-refractivity contribution in [3.63, 3.8) is 0 Å². The Morgan fingerprint density at radius 3 is 2.76 bits per heavy atom. The maximum Gasteiger partial charge on any atom is 0.126 e. The molecule has 0 fully saturated rings. The van der Waals surface area contributed by atoms with E-state index in [0.717, 1.165) is 19.4 Å². The number of rotatable bonds is 7. The lowest BCUT2D eigenvalue weighted by Crippen LogP contribution is -2.24. The van der Waals surface area contributed by atoms with Crippen molar-refractivity contribution >= 4 is 22.9 Å². The van der Waals surface area contributed by atoms with E-state index in [2.05, 4.69) is 30.6 Å². The zero-order valence-electron chi connectivity index (χ0n) is 12.5. The van der Waals surface area contributed by atoms with Crippen molar-refractivity contribution in [1.82, 2.24) is 5.32 Å². The first-order chi connectivity index (χ1) is 10.2. The van der Waals surface area contributed by atoms with Crippen LogP contribution in [-0.4, -0.2) is 6.54 Å². The predicted octanol–water partition coefficient (Wildman–Crippen LogP) is 5.39. The normalized spacial score (nSPS) is 12.6. The number of halogens is 2. The van der Waals surface area contributed by atoms with Gasteiger partial charge in [-0.3, -0.25) is 0 Å². The Bertz CT molecular complexity index is 582. The molecule has 0 aliphatic heterocycles. The zero-order chi connectivity index (χ0) is 15.2. The number of thiophene rings is 1. The van der Waals surface area contributed by atoms with Gasteiger partial charge in [-0.2, -0.15) is 0 Å². The van der Waals surface area contributed by atoms with Gasteiger partial charge in [-0.25, -0.2) is 4.39 Å². The van der Waals surface area contributed by atoms with Crippen molar-refractivity contribution in [2.24, 2.45) is 0 Å². The Balaban J connectivity index is 2.26. The summed E-state index contributed by atoms with van der Waals surface area (Å²) in [6.45, 7) is 5.22. The first-order valence-corrected chi connectivity index (χ1v) is 8.65. The van der Waals surface area contributed by atoms with Gasteiger partial charge in [0.1, 0.15) is 5.82 Å². The minimum Gasteiger partial charge on any atom is -0.309 e. The van der Waals surface area contributed by atoms with Gasteiger partial charge in [0, 0.05) is 15.9 Å². The van der Waals surface area contributed by atoms with E-state index in [1.54, 1.807) is 23.5 Å². The molecule has 4 heteroatoms. The molecular weight excluding hydrogens is 305 g/mol. The van der Waals surface area contributed by atoms with Crippen molar-refractivity contribution in [3.05, 3.63) is 56.5 Å². The molecule has 0 aliphatic carbocycles. The molecule has 1 heterocycles. The molecule has 114 valence electrons. The average molecular weight is 326 g/mol. The molecule has 1 aromatic carbocycles. The van der Waals surface area contributed by atoms with Gasteiger partial charge in [0.25, 0.3) is 0 Å². The largest absolute Gasteiger partial charge is 0.309 e. The highest BCUT2D eigenvalue weighted by molar-refractivity contribution is 7.10. The quantitative estimate of drug-likeness (QED) is 0.720. The van der Waals surface area contributed by atoms with Crippen molar-refractivity contribution in [3.8, 4) is 0 Å². The van der Waals surface area contributed by atoms with Crippen LogP contribution in [0.2, 0.25) is 5.02 Å². The summed E-state index contributed by atoms with van der Waals surface area (Å²) in [4.78, 5) is 1.31. The van der Waals surface area contributed by atoms with Gasteiger partial charge in [0.05, 0.1) is 0 Å². The number of aryl methyl sites for hydroxylation is 1. The Kier molecular flexibility index (Phi) is 6.22. The summed E-state index contributed by atoms with van der Waals surface area (Å²) in [5.74, 6) is -0.183. The van der Waals surface area contributed by atoms with Gasteiger partial charge in [-0.05, 0) is 66.6 Å². The minimum atomic E-state index is -0.183. The van der Waals surface area contributed by atoms with Crippen LogP contribution in [0.25, 0.3) is 0 Å². The molecular formula is C17H21ClFNS. The smallest absolute Gasteiger partial charge is 0.126 e. The second-order valence-corrected chi connectivity index (χ2v) is 6.49. The van der Waals surface area contributed by atoms with Gasteiger partial charge >= 0.3 is 0 Å². The van der Waals surface area contributed by atoms with Crippen LogP contribution in [0, 0.1) is 5.82 Å². The van der Waals surface area contributed by atoms with Crippen LogP contribution in [0.5, 0.6) is 0 Å². The van der Waals surface area contributed by atoms with Crippen molar-refractivity contribution < 1.29 is 4.39 Å². The summed E-state index contributed by atoms with van der Waals surface area (Å²) in [6, 6.07) is 7.08. The topological polar surface area (TPSA) is 12.0 Å². The van der Waals surface area contributed by atoms with Gasteiger partial charge in [0.15, 0.2) is 0 Å². The SMILES string of the molecule is CCCNC(Cc1cc(Cl)ccc1F)c1sccc1CC. The average Bonchev–Trinajstić information content (AvgIpc) is 2.95. The van der Waals surface area contributed by atoms with E-state index in [4.69, 9.17) is 11.6 Å². The molecule has 21 heavy (non-hydrogen) atoms. The second-order valence-electron chi connectivity index (χ2n) is 5.11. The van der Waals surface area contributed by atoms with Crippen LogP contribution >= 0.6 is 22.9 Å². The highest BCUT2D eigenvalue weighted by Gasteiger charge is 2.18. The maximum absolute atomic E-state index is 14.0. The molecule has 0 saturated heterocycles. The first-order valence-electron chi connectivity index (χ1n) is 7.39. The van der Waals surface area contributed by atoms with Gasteiger partial charge in [0.2, 0.25) is 0 Å². The van der Waals surface area contributed by atoms with Crippen LogP contribution in [0.15, 0.2) is 29.6 Å². The minimum absolute atomic E-state index is 0.146. The fourth-order valence-electron chi connectivity index (χ4n) is 2.44. The number of benzene rings is 1. The van der Waals surface area contributed by atoms with Crippen molar-refractivity contribution in [2.45, 2.75) is 39.2 Å². The molecule has 0 spiro atoms. The van der Waals surface area contributed by atoms with E-state index < -0.39 is 0 Å². The van der Waals surface area contributed by atoms with E-state index in [-0.39, 0.29) is 11.9 Å². The lowest BCUT2D eigenvalue weighted by atomic mass is 10.0. The molecule has 1 aromatic heterocycles. The molecule has 2 rings (SSSR count). The number of hydrogen-bond donors (Lipinski definition) is 1. The summed E-state index contributed by atoms with van der Waals surface area (Å²) in [7, 11) is 0. The summed E-state index contributed by atoms with van der Waals surface area (Å²) in [6.07, 6.45) is 2.68. The Morgan fingerprint density at radius 2 is 2.05 bits per heavy atom. The summed E-state index contributed by atoms with van der Waals surface area (Å²) in [5, 5.41) is 6.24. The molecule has 1 N–H and O–H groups in total. The predicted molar refractivity (Wildman–Crippen MR) is 89.8 cm³/mol. The Morgan fingerprint density at radius 1 is 1.24 bits per heavy atom. The van der Waals surface area contributed by atoms with Crippen molar-refractivity contribution in [1.29, 1.82) is 0 Å². The van der Waals surface area contributed by atoms with E-state index >= 15 is 0 Å². The van der Waals surface area contributed by atoms with Crippen LogP contribution in [0.4, 0.5) is 4.39 Å². The van der Waals surface area contributed by atoms with Gasteiger partial charge in [-0.1, -0.05) is 25.4 Å². The van der Waals surface area contributed by atoms with Crippen LogP contribution < -0.4 is 5.32 Å². The van der Waals surface area contributed by atoms with Crippen molar-refractivity contribution in [2.75, 3.05) is 6.54 Å². The molecule has 1 unspecified atom stereocenters. The van der Waals surface area contributed by atoms with Gasteiger partial charge in [-0.15, -0.1) is 11.3 Å². The van der Waals surface area contributed by atoms with E-state index in [1.165, 1.54) is 16.5 Å². The first kappa shape index (κ1) is 16.5. The Hall–Kier alpha value is -0.900. The number of nitrogens with one attached hydrogen (secondary N) is 1. The molecule has 1 atom stereocenters. The van der Waals surface area contributed by atoms with E-state index in [9.17, 15) is 4.39 Å². The molecule has 0 amide bonds. The van der Waals surface area contributed by atoms with Crippen LogP contribution in [0.3, 0.4) is 0 Å². The van der Waals surface area contributed by atoms with Crippen LogP contribution in [-0.2, 0) is 12.8 Å². The van der Waals surface area contributed by atoms with E-state index in [0.29, 0.717) is 17.0 Å². The highest BCUT2D eigenvalue weighted by Crippen LogP contribution is 2.29. The van der Waals surface area contributed by atoms with E-state index in [1.807, 2.05) is 0 Å². The highest BCUT2D eigenvalue weighted by atomic mass is 35.5. The summed E-state index contributed by atoms with van der Waals surface area (Å²) >= 11 is 7.75. The molecule has 0 bridgehead atoms.